The quantitative estimate of drug-likeness (QED) is 0.361. The normalized spacial score (nSPS) is 17.3. The van der Waals surface area contributed by atoms with Gasteiger partial charge < -0.3 is 21.6 Å². The number of carbonyl (C=O) groups is 1. The summed E-state index contributed by atoms with van der Waals surface area (Å²) >= 11 is 12.9. The molecule has 0 aromatic heterocycles. The van der Waals surface area contributed by atoms with Gasteiger partial charge in [-0.05, 0) is 85.2 Å². The van der Waals surface area contributed by atoms with Crippen LogP contribution in [0.4, 0.5) is 4.39 Å². The molecule has 5 N–H and O–H groups in total. The Morgan fingerprint density at radius 1 is 1.25 bits per heavy atom. The zero-order chi connectivity index (χ0) is 23.3. The predicted octanol–water partition coefficient (Wildman–Crippen LogP) is 5.44. The topological polar surface area (TPSA) is 99.2 Å². The van der Waals surface area contributed by atoms with Crippen molar-refractivity contribution >= 4 is 35.4 Å². The Balaban J connectivity index is 1.65. The molecule has 2 aromatic rings. The first-order chi connectivity index (χ1) is 15.3. The van der Waals surface area contributed by atoms with Crippen LogP contribution in [-0.2, 0) is 11.2 Å². The summed E-state index contributed by atoms with van der Waals surface area (Å²) in [6, 6.07) is 9.63. The number of nitrogens with two attached hydrogens (primary N) is 1. The largest absolute Gasteiger partial charge is 0.481 e. The summed E-state index contributed by atoms with van der Waals surface area (Å²) in [7, 11) is 0. The molecule has 32 heavy (non-hydrogen) atoms. The summed E-state index contributed by atoms with van der Waals surface area (Å²) in [5, 5.41) is 21.3. The minimum absolute atomic E-state index is 0.176. The van der Waals surface area contributed by atoms with Crippen molar-refractivity contribution in [2.75, 3.05) is 6.54 Å². The van der Waals surface area contributed by atoms with Gasteiger partial charge in [0.1, 0.15) is 5.82 Å². The van der Waals surface area contributed by atoms with Gasteiger partial charge in [-0.25, -0.2) is 4.39 Å². The average Bonchev–Trinajstić information content (AvgIpc) is 2.76. The van der Waals surface area contributed by atoms with Crippen molar-refractivity contribution in [3.05, 3.63) is 69.1 Å². The van der Waals surface area contributed by atoms with Crippen LogP contribution in [-0.4, -0.2) is 29.9 Å². The molecule has 1 unspecified atom stereocenters. The van der Waals surface area contributed by atoms with Crippen molar-refractivity contribution in [2.24, 2.45) is 11.7 Å². The highest BCUT2D eigenvalue weighted by atomic mass is 35.5. The van der Waals surface area contributed by atoms with Gasteiger partial charge in [-0.1, -0.05) is 35.3 Å². The van der Waals surface area contributed by atoms with Crippen molar-refractivity contribution in [1.29, 1.82) is 5.41 Å². The Kier molecular flexibility index (Phi) is 8.29. The third kappa shape index (κ3) is 6.09. The molecular formula is C24H26Cl2FN3O2. The number of carboxylic acids is 1. The number of rotatable bonds is 9. The highest BCUT2D eigenvalue weighted by Crippen LogP contribution is 2.34. The number of halogens is 3. The number of benzene rings is 2. The van der Waals surface area contributed by atoms with Crippen LogP contribution in [0.5, 0.6) is 0 Å². The van der Waals surface area contributed by atoms with Crippen molar-refractivity contribution in [2.45, 2.75) is 38.1 Å². The van der Waals surface area contributed by atoms with Crippen molar-refractivity contribution < 1.29 is 14.3 Å². The first kappa shape index (κ1) is 24.2. The van der Waals surface area contributed by atoms with E-state index in [1.807, 2.05) is 0 Å². The number of allylic oxidation sites excluding steroid dienone is 1. The molecule has 1 aliphatic rings. The summed E-state index contributed by atoms with van der Waals surface area (Å²) in [5.74, 6) is -1.89. The number of aliphatic carboxylic acids is 1. The van der Waals surface area contributed by atoms with Crippen molar-refractivity contribution in [3.63, 3.8) is 0 Å². The van der Waals surface area contributed by atoms with Gasteiger partial charge in [0.2, 0.25) is 0 Å². The molecule has 0 spiro atoms. The second kappa shape index (κ2) is 10.9. The monoisotopic (exact) mass is 477 g/mol. The highest BCUT2D eigenvalue weighted by molar-refractivity contribution is 6.36. The van der Waals surface area contributed by atoms with E-state index in [-0.39, 0.29) is 18.3 Å². The Hall–Kier alpha value is -2.41. The first-order valence-corrected chi connectivity index (χ1v) is 11.2. The summed E-state index contributed by atoms with van der Waals surface area (Å²) in [6.07, 6.45) is 4.19. The Morgan fingerprint density at radius 2 is 1.91 bits per heavy atom. The molecule has 0 aliphatic heterocycles. The molecule has 0 bridgehead atoms. The second-order valence-electron chi connectivity index (χ2n) is 8.04. The van der Waals surface area contributed by atoms with E-state index in [9.17, 15) is 14.3 Å². The molecule has 0 heterocycles. The van der Waals surface area contributed by atoms with E-state index >= 15 is 0 Å². The maximum atomic E-state index is 13.2. The fraction of sp³-hybridized carbons (Fsp3) is 0.333. The molecule has 0 amide bonds. The van der Waals surface area contributed by atoms with Gasteiger partial charge >= 0.3 is 5.97 Å². The lowest BCUT2D eigenvalue weighted by Crippen LogP contribution is -2.35. The molecule has 2 atom stereocenters. The van der Waals surface area contributed by atoms with Crippen LogP contribution < -0.4 is 11.1 Å². The van der Waals surface area contributed by atoms with Gasteiger partial charge in [-0.3, -0.25) is 4.79 Å². The molecule has 1 aliphatic carbocycles. The van der Waals surface area contributed by atoms with Crippen LogP contribution >= 0.6 is 23.2 Å². The van der Waals surface area contributed by atoms with Crippen LogP contribution in [0, 0.1) is 17.1 Å². The lowest BCUT2D eigenvalue weighted by atomic mass is 9.91. The Labute approximate surface area is 196 Å². The summed E-state index contributed by atoms with van der Waals surface area (Å²) in [6.45, 7) is 0.524. The number of nitrogens with one attached hydrogen (secondary N) is 2. The van der Waals surface area contributed by atoms with Crippen molar-refractivity contribution in [3.8, 4) is 11.1 Å². The Bertz CT molecular complexity index is 1000. The minimum atomic E-state index is -0.908. The summed E-state index contributed by atoms with van der Waals surface area (Å²) in [4.78, 5) is 11.9. The van der Waals surface area contributed by atoms with Gasteiger partial charge in [0.05, 0.1) is 5.92 Å². The smallest absolute Gasteiger partial charge is 0.306 e. The van der Waals surface area contributed by atoms with Gasteiger partial charge in [-0.2, -0.15) is 0 Å². The summed E-state index contributed by atoms with van der Waals surface area (Å²) in [5.41, 5.74) is 9.61. The van der Waals surface area contributed by atoms with Crippen LogP contribution in [0.25, 0.3) is 11.1 Å². The zero-order valence-corrected chi connectivity index (χ0v) is 19.0. The van der Waals surface area contributed by atoms with E-state index in [0.717, 1.165) is 35.2 Å². The third-order valence-corrected chi connectivity index (χ3v) is 6.53. The minimum Gasteiger partial charge on any atom is -0.481 e. The molecule has 8 heteroatoms. The summed E-state index contributed by atoms with van der Waals surface area (Å²) < 4.78 is 13.2. The number of carboxylic acid groups (broad SMARTS) is 1. The van der Waals surface area contributed by atoms with E-state index < -0.39 is 11.9 Å². The van der Waals surface area contributed by atoms with Gasteiger partial charge in [-0.15, -0.1) is 0 Å². The zero-order valence-electron chi connectivity index (χ0n) is 17.5. The highest BCUT2D eigenvalue weighted by Gasteiger charge is 2.23. The van der Waals surface area contributed by atoms with E-state index in [1.54, 1.807) is 24.3 Å². The van der Waals surface area contributed by atoms with Crippen LogP contribution in [0.1, 0.15) is 31.2 Å². The molecule has 0 saturated carbocycles. The molecule has 0 radical (unpaired) electrons. The predicted molar refractivity (Wildman–Crippen MR) is 127 cm³/mol. The molecule has 5 nitrogen and oxygen atoms in total. The maximum Gasteiger partial charge on any atom is 0.306 e. The van der Waals surface area contributed by atoms with Gasteiger partial charge in [0.15, 0.2) is 0 Å². The van der Waals surface area contributed by atoms with Crippen LogP contribution in [0.2, 0.25) is 10.0 Å². The maximum absolute atomic E-state index is 13.2. The lowest BCUT2D eigenvalue weighted by molar-refractivity contribution is -0.141. The molecule has 0 fully saturated rings. The number of hydrogen-bond acceptors (Lipinski definition) is 4. The number of hydrogen-bond donors (Lipinski definition) is 4. The Morgan fingerprint density at radius 3 is 2.50 bits per heavy atom. The van der Waals surface area contributed by atoms with Gasteiger partial charge in [0.25, 0.3) is 0 Å². The molecule has 2 aromatic carbocycles. The molecule has 170 valence electrons. The van der Waals surface area contributed by atoms with Crippen LogP contribution in [0.3, 0.4) is 0 Å². The fourth-order valence-corrected chi connectivity index (χ4v) is 4.58. The van der Waals surface area contributed by atoms with Crippen LogP contribution in [0.15, 0.2) is 47.7 Å². The van der Waals surface area contributed by atoms with Crippen molar-refractivity contribution in [1.82, 2.24) is 5.32 Å². The second-order valence-corrected chi connectivity index (χ2v) is 8.86. The average molecular weight is 478 g/mol. The standard InChI is InChI=1S/C24H26Cl2FN3O2/c25-21-11-16(14-1-3-18(27)4-2-14)12-22(26)20(21)10-15(24(31)32)7-8-30-19-5-6-23(29)17(9-19)13-28/h1-4,11-13,15,19,28,30H,5-10,29H2,(H,31,32)/t15-,19?/m0/s1. The van der Waals surface area contributed by atoms with E-state index in [0.29, 0.717) is 35.0 Å². The lowest BCUT2D eigenvalue weighted by Gasteiger charge is -2.25. The molecule has 3 rings (SSSR count). The molecule has 0 saturated heterocycles. The van der Waals surface area contributed by atoms with E-state index in [2.05, 4.69) is 5.32 Å². The van der Waals surface area contributed by atoms with Gasteiger partial charge in [0, 0.05) is 28.0 Å². The van der Waals surface area contributed by atoms with E-state index in [4.69, 9.17) is 34.3 Å². The first-order valence-electron chi connectivity index (χ1n) is 10.5. The third-order valence-electron chi connectivity index (χ3n) is 5.86. The fourth-order valence-electron chi connectivity index (χ4n) is 3.94. The molecular weight excluding hydrogens is 452 g/mol. The SMILES string of the molecule is N=CC1=C(N)CCC(NCC[C@@H](Cc2c(Cl)cc(-c3ccc(F)cc3)cc2Cl)C(=O)O)C1. The van der Waals surface area contributed by atoms with E-state index in [1.165, 1.54) is 18.3 Å².